The van der Waals surface area contributed by atoms with Crippen LogP contribution < -0.4 is 0 Å². The fraction of sp³-hybridized carbons (Fsp3) is 0.333. The standard InChI is InChI=1S/C27H31NO3/c1-6-31-26(30)24-19(2)28(17-16-20-10-8-7-9-11-20)25(29)23(24)18-21-12-14-22(15-13-21)27(3,4)5/h7-15,18H,6,16-17H2,1-5H3/b23-18-. The van der Waals surface area contributed by atoms with Gasteiger partial charge in [0.15, 0.2) is 0 Å². The zero-order chi connectivity index (χ0) is 22.6. The van der Waals surface area contributed by atoms with Crippen LogP contribution in [0.5, 0.6) is 0 Å². The number of amides is 1. The van der Waals surface area contributed by atoms with E-state index in [1.165, 1.54) is 5.56 Å². The molecule has 0 spiro atoms. The Bertz CT molecular complexity index is 1010. The Hall–Kier alpha value is -3.14. The molecular formula is C27H31NO3. The molecule has 0 N–H and O–H groups in total. The van der Waals surface area contributed by atoms with E-state index in [2.05, 4.69) is 32.9 Å². The number of hydrogen-bond donors (Lipinski definition) is 0. The number of carbonyl (C=O) groups excluding carboxylic acids is 2. The summed E-state index contributed by atoms with van der Waals surface area (Å²) in [5.41, 5.74) is 4.71. The van der Waals surface area contributed by atoms with Crippen LogP contribution in [0.4, 0.5) is 0 Å². The zero-order valence-electron chi connectivity index (χ0n) is 19.1. The van der Waals surface area contributed by atoms with Gasteiger partial charge in [-0.1, -0.05) is 75.4 Å². The van der Waals surface area contributed by atoms with E-state index in [1.54, 1.807) is 17.9 Å². The maximum atomic E-state index is 13.3. The molecule has 0 radical (unpaired) electrons. The first-order valence-corrected chi connectivity index (χ1v) is 10.8. The Morgan fingerprint density at radius 1 is 1.03 bits per heavy atom. The number of hydrogen-bond acceptors (Lipinski definition) is 3. The van der Waals surface area contributed by atoms with Gasteiger partial charge in [0, 0.05) is 12.2 Å². The molecule has 0 unspecified atom stereocenters. The minimum atomic E-state index is -0.451. The van der Waals surface area contributed by atoms with Gasteiger partial charge in [-0.3, -0.25) is 4.79 Å². The topological polar surface area (TPSA) is 46.6 Å². The number of carbonyl (C=O) groups is 2. The first kappa shape index (κ1) is 22.5. The summed E-state index contributed by atoms with van der Waals surface area (Å²) in [5, 5.41) is 0. The van der Waals surface area contributed by atoms with E-state index in [0.717, 1.165) is 11.1 Å². The molecule has 0 saturated heterocycles. The first-order chi connectivity index (χ1) is 14.7. The van der Waals surface area contributed by atoms with Gasteiger partial charge in [0.1, 0.15) is 0 Å². The Kier molecular flexibility index (Phi) is 6.79. The Labute approximate surface area is 185 Å². The normalized spacial score (nSPS) is 15.7. The molecule has 4 heteroatoms. The van der Waals surface area contributed by atoms with Crippen molar-refractivity contribution in [2.24, 2.45) is 0 Å². The van der Waals surface area contributed by atoms with E-state index in [0.29, 0.717) is 29.8 Å². The molecule has 0 saturated carbocycles. The summed E-state index contributed by atoms with van der Waals surface area (Å²) in [6.07, 6.45) is 2.51. The van der Waals surface area contributed by atoms with Gasteiger partial charge in [0.05, 0.1) is 17.8 Å². The molecule has 0 aliphatic carbocycles. The third-order valence-corrected chi connectivity index (χ3v) is 5.55. The highest BCUT2D eigenvalue weighted by Crippen LogP contribution is 2.32. The first-order valence-electron chi connectivity index (χ1n) is 10.8. The number of ether oxygens (including phenoxy) is 1. The van der Waals surface area contributed by atoms with Crippen LogP contribution in [0.3, 0.4) is 0 Å². The lowest BCUT2D eigenvalue weighted by molar-refractivity contribution is -0.138. The van der Waals surface area contributed by atoms with Gasteiger partial charge in [-0.15, -0.1) is 0 Å². The Balaban J connectivity index is 1.93. The van der Waals surface area contributed by atoms with Gasteiger partial charge in [0.25, 0.3) is 5.91 Å². The third kappa shape index (κ3) is 5.13. The molecule has 1 aliphatic rings. The lowest BCUT2D eigenvalue weighted by Crippen LogP contribution is -2.27. The summed E-state index contributed by atoms with van der Waals surface area (Å²) in [6.45, 7) is 10.9. The summed E-state index contributed by atoms with van der Waals surface area (Å²) in [7, 11) is 0. The second kappa shape index (κ2) is 9.34. The summed E-state index contributed by atoms with van der Waals surface area (Å²) < 4.78 is 5.27. The molecule has 162 valence electrons. The average Bonchev–Trinajstić information content (AvgIpc) is 2.96. The molecule has 0 bridgehead atoms. The highest BCUT2D eigenvalue weighted by molar-refractivity contribution is 6.16. The number of nitrogens with zero attached hydrogens (tertiary/aromatic N) is 1. The van der Waals surface area contributed by atoms with Crippen molar-refractivity contribution in [3.05, 3.63) is 88.1 Å². The second-order valence-corrected chi connectivity index (χ2v) is 8.80. The summed E-state index contributed by atoms with van der Waals surface area (Å²) in [4.78, 5) is 27.7. The van der Waals surface area contributed by atoms with Gasteiger partial charge in [0.2, 0.25) is 0 Å². The maximum Gasteiger partial charge on any atom is 0.340 e. The predicted octanol–water partition coefficient (Wildman–Crippen LogP) is 5.29. The quantitative estimate of drug-likeness (QED) is 0.474. The average molecular weight is 418 g/mol. The van der Waals surface area contributed by atoms with Crippen molar-refractivity contribution in [2.45, 2.75) is 46.5 Å². The van der Waals surface area contributed by atoms with Crippen molar-refractivity contribution in [3.63, 3.8) is 0 Å². The maximum absolute atomic E-state index is 13.3. The van der Waals surface area contributed by atoms with Gasteiger partial charge >= 0.3 is 5.97 Å². The summed E-state index contributed by atoms with van der Waals surface area (Å²) >= 11 is 0. The molecule has 0 fully saturated rings. The minimum absolute atomic E-state index is 0.0513. The fourth-order valence-electron chi connectivity index (χ4n) is 3.73. The molecule has 1 heterocycles. The van der Waals surface area contributed by atoms with Crippen molar-refractivity contribution in [1.29, 1.82) is 0 Å². The highest BCUT2D eigenvalue weighted by atomic mass is 16.5. The van der Waals surface area contributed by atoms with Crippen LogP contribution in [0.25, 0.3) is 6.08 Å². The van der Waals surface area contributed by atoms with Crippen LogP contribution in [-0.2, 0) is 26.2 Å². The number of benzene rings is 2. The van der Waals surface area contributed by atoms with E-state index < -0.39 is 5.97 Å². The summed E-state index contributed by atoms with van der Waals surface area (Å²) in [6, 6.07) is 18.1. The number of allylic oxidation sites excluding steroid dienone is 1. The Morgan fingerprint density at radius 2 is 1.68 bits per heavy atom. The van der Waals surface area contributed by atoms with Crippen LogP contribution in [0.1, 0.15) is 51.3 Å². The van der Waals surface area contributed by atoms with E-state index in [-0.39, 0.29) is 17.9 Å². The Morgan fingerprint density at radius 3 is 2.26 bits per heavy atom. The molecule has 2 aromatic rings. The van der Waals surface area contributed by atoms with Gasteiger partial charge < -0.3 is 9.64 Å². The molecule has 3 rings (SSSR count). The highest BCUT2D eigenvalue weighted by Gasteiger charge is 2.36. The lowest BCUT2D eigenvalue weighted by Gasteiger charge is -2.19. The molecule has 2 aromatic carbocycles. The second-order valence-electron chi connectivity index (χ2n) is 8.80. The molecular weight excluding hydrogens is 386 g/mol. The molecule has 0 atom stereocenters. The van der Waals surface area contributed by atoms with Crippen LogP contribution in [0, 0.1) is 0 Å². The van der Waals surface area contributed by atoms with E-state index in [4.69, 9.17) is 4.74 Å². The van der Waals surface area contributed by atoms with Crippen LogP contribution in [-0.4, -0.2) is 29.9 Å². The van der Waals surface area contributed by atoms with E-state index >= 15 is 0 Å². The molecule has 31 heavy (non-hydrogen) atoms. The van der Waals surface area contributed by atoms with Crippen LogP contribution in [0.15, 0.2) is 71.4 Å². The minimum Gasteiger partial charge on any atom is -0.462 e. The smallest absolute Gasteiger partial charge is 0.340 e. The van der Waals surface area contributed by atoms with Crippen molar-refractivity contribution >= 4 is 18.0 Å². The van der Waals surface area contributed by atoms with Crippen molar-refractivity contribution in [3.8, 4) is 0 Å². The summed E-state index contributed by atoms with van der Waals surface area (Å²) in [5.74, 6) is -0.607. The van der Waals surface area contributed by atoms with Gasteiger partial charge in [-0.05, 0) is 48.4 Å². The van der Waals surface area contributed by atoms with Gasteiger partial charge in [-0.25, -0.2) is 4.79 Å². The molecule has 1 aliphatic heterocycles. The molecule has 0 aromatic heterocycles. The van der Waals surface area contributed by atoms with Crippen molar-refractivity contribution < 1.29 is 14.3 Å². The number of esters is 1. The number of rotatable bonds is 6. The largest absolute Gasteiger partial charge is 0.462 e. The lowest BCUT2D eigenvalue weighted by atomic mass is 9.86. The fourth-order valence-corrected chi connectivity index (χ4v) is 3.73. The van der Waals surface area contributed by atoms with Gasteiger partial charge in [-0.2, -0.15) is 0 Å². The van der Waals surface area contributed by atoms with Crippen molar-refractivity contribution in [2.75, 3.05) is 13.2 Å². The van der Waals surface area contributed by atoms with E-state index in [1.807, 2.05) is 49.4 Å². The molecule has 1 amide bonds. The van der Waals surface area contributed by atoms with Crippen molar-refractivity contribution in [1.82, 2.24) is 4.90 Å². The SMILES string of the molecule is CCOC(=O)C1=C(C)N(CCc2ccccc2)C(=O)/C1=C\c1ccc(C(C)(C)C)cc1. The zero-order valence-corrected chi connectivity index (χ0v) is 19.1. The monoisotopic (exact) mass is 417 g/mol. The van der Waals surface area contributed by atoms with E-state index in [9.17, 15) is 9.59 Å². The van der Waals surface area contributed by atoms with Crippen LogP contribution in [0.2, 0.25) is 0 Å². The predicted molar refractivity (Wildman–Crippen MR) is 124 cm³/mol. The third-order valence-electron chi connectivity index (χ3n) is 5.55. The van der Waals surface area contributed by atoms with Crippen LogP contribution >= 0.6 is 0 Å². The molecule has 4 nitrogen and oxygen atoms in total.